The van der Waals surface area contributed by atoms with Crippen molar-refractivity contribution in [2.24, 2.45) is 0 Å². The van der Waals surface area contributed by atoms with Crippen molar-refractivity contribution in [2.75, 3.05) is 5.32 Å². The average molecular weight is 350 g/mol. The molecule has 7 nitrogen and oxygen atoms in total. The SMILES string of the molecule is O=C(Nc1ncn(Cc2ccccc2)n1)c1cc(-c2cccs2)[nH]n1. The van der Waals surface area contributed by atoms with Gasteiger partial charge >= 0.3 is 0 Å². The molecule has 124 valence electrons. The van der Waals surface area contributed by atoms with E-state index in [0.29, 0.717) is 12.2 Å². The summed E-state index contributed by atoms with van der Waals surface area (Å²) < 4.78 is 1.67. The molecule has 1 amide bonds. The number of aromatic amines is 1. The molecule has 4 rings (SSSR count). The zero-order valence-electron chi connectivity index (χ0n) is 13.1. The van der Waals surface area contributed by atoms with Gasteiger partial charge in [-0.15, -0.1) is 16.4 Å². The van der Waals surface area contributed by atoms with E-state index in [9.17, 15) is 4.79 Å². The number of benzene rings is 1. The summed E-state index contributed by atoms with van der Waals surface area (Å²) in [6, 6.07) is 15.5. The van der Waals surface area contributed by atoms with E-state index in [1.807, 2.05) is 47.8 Å². The molecule has 0 unspecified atom stereocenters. The number of anilines is 1. The van der Waals surface area contributed by atoms with Crippen LogP contribution in [0.4, 0.5) is 5.95 Å². The maximum Gasteiger partial charge on any atom is 0.278 e. The first-order chi connectivity index (χ1) is 12.3. The molecule has 0 radical (unpaired) electrons. The summed E-state index contributed by atoms with van der Waals surface area (Å²) in [6.07, 6.45) is 1.59. The first-order valence-electron chi connectivity index (χ1n) is 7.62. The van der Waals surface area contributed by atoms with Crippen LogP contribution in [0.2, 0.25) is 0 Å². The Morgan fingerprint density at radius 3 is 2.88 bits per heavy atom. The lowest BCUT2D eigenvalue weighted by molar-refractivity contribution is 0.102. The lowest BCUT2D eigenvalue weighted by Gasteiger charge is -2.00. The highest BCUT2D eigenvalue weighted by Crippen LogP contribution is 2.23. The molecule has 0 bridgehead atoms. The van der Waals surface area contributed by atoms with Crippen molar-refractivity contribution in [3.63, 3.8) is 0 Å². The molecule has 0 aliphatic heterocycles. The van der Waals surface area contributed by atoms with Crippen molar-refractivity contribution in [3.05, 3.63) is 71.5 Å². The van der Waals surface area contributed by atoms with Crippen molar-refractivity contribution < 1.29 is 4.79 Å². The van der Waals surface area contributed by atoms with E-state index >= 15 is 0 Å². The number of aromatic nitrogens is 5. The zero-order valence-corrected chi connectivity index (χ0v) is 13.9. The number of amides is 1. The molecule has 8 heteroatoms. The number of carbonyl (C=O) groups is 1. The quantitative estimate of drug-likeness (QED) is 0.579. The van der Waals surface area contributed by atoms with Crippen molar-refractivity contribution in [2.45, 2.75) is 6.54 Å². The molecule has 0 atom stereocenters. The topological polar surface area (TPSA) is 88.5 Å². The number of hydrogen-bond donors (Lipinski definition) is 2. The predicted molar refractivity (Wildman–Crippen MR) is 95.4 cm³/mol. The van der Waals surface area contributed by atoms with Crippen LogP contribution in [0, 0.1) is 0 Å². The molecule has 0 aliphatic rings. The summed E-state index contributed by atoms with van der Waals surface area (Å²) in [4.78, 5) is 17.4. The van der Waals surface area contributed by atoms with Gasteiger partial charge in [-0.25, -0.2) is 9.67 Å². The lowest BCUT2D eigenvalue weighted by Crippen LogP contribution is -2.14. The fraction of sp³-hybridized carbons (Fsp3) is 0.0588. The van der Waals surface area contributed by atoms with E-state index in [4.69, 9.17) is 0 Å². The number of rotatable bonds is 5. The van der Waals surface area contributed by atoms with Gasteiger partial charge < -0.3 is 0 Å². The van der Waals surface area contributed by atoms with Gasteiger partial charge in [0.15, 0.2) is 5.69 Å². The minimum Gasteiger partial charge on any atom is -0.288 e. The van der Waals surface area contributed by atoms with Crippen LogP contribution in [0.1, 0.15) is 16.1 Å². The van der Waals surface area contributed by atoms with Crippen LogP contribution in [-0.2, 0) is 6.54 Å². The maximum atomic E-state index is 12.3. The molecule has 4 aromatic rings. The van der Waals surface area contributed by atoms with E-state index in [2.05, 4.69) is 25.6 Å². The molecule has 0 spiro atoms. The molecule has 3 aromatic heterocycles. The van der Waals surface area contributed by atoms with Gasteiger partial charge in [0.2, 0.25) is 5.95 Å². The third-order valence-corrected chi connectivity index (χ3v) is 4.45. The van der Waals surface area contributed by atoms with Crippen LogP contribution in [0.3, 0.4) is 0 Å². The van der Waals surface area contributed by atoms with E-state index in [1.54, 1.807) is 28.4 Å². The maximum absolute atomic E-state index is 12.3. The smallest absolute Gasteiger partial charge is 0.278 e. The predicted octanol–water partition coefficient (Wildman–Crippen LogP) is 3.03. The van der Waals surface area contributed by atoms with Gasteiger partial charge in [-0.3, -0.25) is 15.2 Å². The third-order valence-electron chi connectivity index (χ3n) is 3.55. The Balaban J connectivity index is 1.43. The van der Waals surface area contributed by atoms with Crippen LogP contribution in [-0.4, -0.2) is 30.9 Å². The zero-order chi connectivity index (χ0) is 17.1. The van der Waals surface area contributed by atoms with Crippen molar-refractivity contribution in [3.8, 4) is 10.6 Å². The monoisotopic (exact) mass is 350 g/mol. The minimum absolute atomic E-state index is 0.251. The summed E-state index contributed by atoms with van der Waals surface area (Å²) in [6.45, 7) is 0.592. The lowest BCUT2D eigenvalue weighted by atomic mass is 10.2. The van der Waals surface area contributed by atoms with Gasteiger partial charge in [0.25, 0.3) is 5.91 Å². The second kappa shape index (κ2) is 6.70. The van der Waals surface area contributed by atoms with E-state index in [-0.39, 0.29) is 11.9 Å². The van der Waals surface area contributed by atoms with Crippen molar-refractivity contribution >= 4 is 23.2 Å². The number of carbonyl (C=O) groups excluding carboxylic acids is 1. The van der Waals surface area contributed by atoms with Crippen molar-refractivity contribution in [1.82, 2.24) is 25.0 Å². The average Bonchev–Trinajstić information content (AvgIpc) is 3.37. The third kappa shape index (κ3) is 3.48. The number of nitrogens with zero attached hydrogens (tertiary/aromatic N) is 4. The fourth-order valence-electron chi connectivity index (χ4n) is 2.36. The Labute approximate surface area is 147 Å². The van der Waals surface area contributed by atoms with E-state index in [1.165, 1.54) is 0 Å². The van der Waals surface area contributed by atoms with Gasteiger partial charge in [0.1, 0.15) is 6.33 Å². The van der Waals surface area contributed by atoms with Gasteiger partial charge in [-0.05, 0) is 23.1 Å². The summed E-state index contributed by atoms with van der Waals surface area (Å²) in [5.41, 5.74) is 2.21. The standard InChI is InChI=1S/C17H14N6OS/c24-16(14-9-13(20-21-14)15-7-4-8-25-15)19-17-18-11-23(22-17)10-12-5-2-1-3-6-12/h1-9,11H,10H2,(H,20,21)(H,19,22,24). The van der Waals surface area contributed by atoms with E-state index in [0.717, 1.165) is 16.1 Å². The molecular formula is C17H14N6OS. The Hall–Kier alpha value is -3.26. The molecule has 1 aromatic carbocycles. The number of thiophene rings is 1. The molecule has 2 N–H and O–H groups in total. The molecule has 0 aliphatic carbocycles. The van der Waals surface area contributed by atoms with Crippen LogP contribution >= 0.6 is 11.3 Å². The highest BCUT2D eigenvalue weighted by Gasteiger charge is 2.14. The first-order valence-corrected chi connectivity index (χ1v) is 8.50. The van der Waals surface area contributed by atoms with Crippen molar-refractivity contribution in [1.29, 1.82) is 0 Å². The van der Waals surface area contributed by atoms with Gasteiger partial charge in [-0.1, -0.05) is 36.4 Å². The second-order valence-electron chi connectivity index (χ2n) is 5.35. The Morgan fingerprint density at radius 2 is 2.08 bits per heavy atom. The number of nitrogens with one attached hydrogen (secondary N) is 2. The largest absolute Gasteiger partial charge is 0.288 e. The van der Waals surface area contributed by atoms with Gasteiger partial charge in [0.05, 0.1) is 17.1 Å². The summed E-state index contributed by atoms with van der Waals surface area (Å²) in [5, 5.41) is 15.8. The van der Waals surface area contributed by atoms with Gasteiger partial charge in [0, 0.05) is 0 Å². The summed E-state index contributed by atoms with van der Waals surface area (Å²) in [7, 11) is 0. The Morgan fingerprint density at radius 1 is 1.20 bits per heavy atom. The number of hydrogen-bond acceptors (Lipinski definition) is 5. The summed E-state index contributed by atoms with van der Waals surface area (Å²) in [5.74, 6) is -0.0990. The fourth-order valence-corrected chi connectivity index (χ4v) is 3.05. The number of H-pyrrole nitrogens is 1. The van der Waals surface area contributed by atoms with Crippen LogP contribution in [0.15, 0.2) is 60.2 Å². The van der Waals surface area contributed by atoms with Crippen LogP contribution in [0.5, 0.6) is 0 Å². The second-order valence-corrected chi connectivity index (χ2v) is 6.30. The van der Waals surface area contributed by atoms with Crippen LogP contribution in [0.25, 0.3) is 10.6 Å². The highest BCUT2D eigenvalue weighted by molar-refractivity contribution is 7.13. The van der Waals surface area contributed by atoms with Crippen LogP contribution < -0.4 is 5.32 Å². The Kier molecular flexibility index (Phi) is 4.09. The van der Waals surface area contributed by atoms with Gasteiger partial charge in [-0.2, -0.15) is 5.10 Å². The normalized spacial score (nSPS) is 10.7. The molecule has 0 saturated heterocycles. The molecule has 0 fully saturated rings. The molecule has 25 heavy (non-hydrogen) atoms. The highest BCUT2D eigenvalue weighted by atomic mass is 32.1. The minimum atomic E-state index is -0.350. The molecule has 3 heterocycles. The molecular weight excluding hydrogens is 336 g/mol. The first kappa shape index (κ1) is 15.3. The Bertz CT molecular complexity index is 974. The molecule has 0 saturated carbocycles. The summed E-state index contributed by atoms with van der Waals surface area (Å²) >= 11 is 1.58. The van der Waals surface area contributed by atoms with E-state index < -0.39 is 0 Å².